The van der Waals surface area contributed by atoms with Crippen molar-refractivity contribution in [2.45, 2.75) is 50.2 Å². The molecule has 1 fully saturated rings. The number of nitrogens with zero attached hydrogens (tertiary/aromatic N) is 3. The van der Waals surface area contributed by atoms with Crippen molar-refractivity contribution in [2.24, 2.45) is 0 Å². The van der Waals surface area contributed by atoms with Gasteiger partial charge in [0, 0.05) is 20.8 Å². The van der Waals surface area contributed by atoms with Crippen LogP contribution in [0.5, 0.6) is 0 Å². The van der Waals surface area contributed by atoms with Gasteiger partial charge in [-0.05, 0) is 6.26 Å². The van der Waals surface area contributed by atoms with Crippen molar-refractivity contribution in [3.05, 3.63) is 12.2 Å². The smallest absolute Gasteiger partial charge is 0.303 e. The van der Waals surface area contributed by atoms with Gasteiger partial charge in [-0.25, -0.2) is 15.0 Å². The van der Waals surface area contributed by atoms with Crippen LogP contribution in [-0.4, -0.2) is 69.0 Å². The summed E-state index contributed by atoms with van der Waals surface area (Å²) in [7, 11) is 0. The lowest BCUT2D eigenvalue weighted by Crippen LogP contribution is -2.40. The summed E-state index contributed by atoms with van der Waals surface area (Å²) in [6.45, 7) is 3.52. The van der Waals surface area contributed by atoms with Crippen LogP contribution in [0.1, 0.15) is 32.7 Å². The van der Waals surface area contributed by atoms with Crippen LogP contribution in [0.2, 0.25) is 0 Å². The molecule has 0 saturated carbocycles. The number of ether oxygens (including phenoxy) is 4. The number of aromatic amines is 1. The Hall–Kier alpha value is -2.73. The van der Waals surface area contributed by atoms with E-state index in [-0.39, 0.29) is 6.61 Å². The number of imidazole rings is 1. The second-order valence-corrected chi connectivity index (χ2v) is 7.04. The fraction of sp³-hybridized carbons (Fsp3) is 0.529. The monoisotopic (exact) mass is 424 g/mol. The maximum atomic E-state index is 11.7. The van der Waals surface area contributed by atoms with Crippen LogP contribution in [0.3, 0.4) is 0 Å². The Kier molecular flexibility index (Phi) is 6.33. The fourth-order valence-corrected chi connectivity index (χ4v) is 3.55. The molecule has 2 aromatic rings. The van der Waals surface area contributed by atoms with Gasteiger partial charge < -0.3 is 23.9 Å². The van der Waals surface area contributed by atoms with E-state index < -0.39 is 42.3 Å². The molecular formula is C17H20N4O7S. The molecule has 4 atom stereocenters. The van der Waals surface area contributed by atoms with Gasteiger partial charge in [-0.2, -0.15) is 0 Å². The SMILES string of the molecule is CSc1ncnc2nc([C@@H]3O[C@H](COC(C)=O)[C@H](OC(C)=O)[C@H]3OC(C)=O)[nH]c12. The Morgan fingerprint density at radius 1 is 1.10 bits per heavy atom. The predicted octanol–water partition coefficient (Wildman–Crippen LogP) is 0.941. The second-order valence-electron chi connectivity index (χ2n) is 6.25. The van der Waals surface area contributed by atoms with Crippen molar-refractivity contribution in [1.29, 1.82) is 0 Å². The van der Waals surface area contributed by atoms with E-state index >= 15 is 0 Å². The Morgan fingerprint density at radius 2 is 1.79 bits per heavy atom. The molecule has 0 bridgehead atoms. The molecule has 1 aliphatic rings. The quantitative estimate of drug-likeness (QED) is 0.306. The molecule has 3 heterocycles. The topological polar surface area (TPSA) is 143 Å². The van der Waals surface area contributed by atoms with Gasteiger partial charge in [0.05, 0.1) is 0 Å². The van der Waals surface area contributed by atoms with Crippen molar-refractivity contribution in [1.82, 2.24) is 19.9 Å². The van der Waals surface area contributed by atoms with Gasteiger partial charge in [0.15, 0.2) is 24.0 Å². The summed E-state index contributed by atoms with van der Waals surface area (Å²) in [6, 6.07) is 0. The number of esters is 3. The molecule has 1 N–H and O–H groups in total. The van der Waals surface area contributed by atoms with Crippen LogP contribution in [0, 0.1) is 0 Å². The molecule has 156 valence electrons. The highest BCUT2D eigenvalue weighted by Crippen LogP contribution is 2.37. The van der Waals surface area contributed by atoms with E-state index in [0.29, 0.717) is 22.0 Å². The Labute approximate surface area is 169 Å². The van der Waals surface area contributed by atoms with Crippen molar-refractivity contribution < 1.29 is 33.3 Å². The first kappa shape index (κ1) is 21.0. The van der Waals surface area contributed by atoms with Gasteiger partial charge in [-0.3, -0.25) is 14.4 Å². The lowest BCUT2D eigenvalue weighted by atomic mass is 10.1. The van der Waals surface area contributed by atoms with Crippen LogP contribution >= 0.6 is 11.8 Å². The molecule has 3 rings (SSSR count). The predicted molar refractivity (Wildman–Crippen MR) is 98.8 cm³/mol. The fourth-order valence-electron chi connectivity index (χ4n) is 3.05. The highest BCUT2D eigenvalue weighted by atomic mass is 32.2. The van der Waals surface area contributed by atoms with Crippen molar-refractivity contribution in [3.8, 4) is 0 Å². The number of nitrogens with one attached hydrogen (secondary N) is 1. The molecule has 12 heteroatoms. The number of carbonyl (C=O) groups excluding carboxylic acids is 3. The third-order valence-corrected chi connectivity index (χ3v) is 4.80. The second kappa shape index (κ2) is 8.74. The minimum atomic E-state index is -0.997. The Bertz CT molecular complexity index is 934. The van der Waals surface area contributed by atoms with Crippen molar-refractivity contribution in [3.63, 3.8) is 0 Å². The average Bonchev–Trinajstić information content (AvgIpc) is 3.21. The molecule has 0 amide bonds. The first-order valence-electron chi connectivity index (χ1n) is 8.68. The minimum absolute atomic E-state index is 0.183. The third-order valence-electron chi connectivity index (χ3n) is 4.10. The Morgan fingerprint density at radius 3 is 2.41 bits per heavy atom. The van der Waals surface area contributed by atoms with E-state index in [1.54, 1.807) is 0 Å². The Balaban J connectivity index is 1.99. The van der Waals surface area contributed by atoms with Crippen molar-refractivity contribution in [2.75, 3.05) is 12.9 Å². The van der Waals surface area contributed by atoms with Crippen LogP contribution < -0.4 is 0 Å². The first-order valence-corrected chi connectivity index (χ1v) is 9.90. The molecular weight excluding hydrogens is 404 g/mol. The number of hydrogen-bond donors (Lipinski definition) is 1. The maximum absolute atomic E-state index is 11.7. The number of carbonyl (C=O) groups is 3. The summed E-state index contributed by atoms with van der Waals surface area (Å²) in [5.74, 6) is -1.38. The number of fused-ring (bicyclic) bond motifs is 1. The van der Waals surface area contributed by atoms with Crippen molar-refractivity contribution >= 4 is 40.8 Å². The first-order chi connectivity index (χ1) is 13.8. The molecule has 11 nitrogen and oxygen atoms in total. The zero-order chi connectivity index (χ0) is 21.1. The number of thioether (sulfide) groups is 1. The maximum Gasteiger partial charge on any atom is 0.303 e. The van der Waals surface area contributed by atoms with E-state index in [1.807, 2.05) is 6.26 Å². The number of H-pyrrole nitrogens is 1. The summed E-state index contributed by atoms with van der Waals surface area (Å²) in [5.41, 5.74) is 1.02. The molecule has 1 aliphatic heterocycles. The van der Waals surface area contributed by atoms with Crippen LogP contribution in [0.4, 0.5) is 0 Å². The minimum Gasteiger partial charge on any atom is -0.463 e. The summed E-state index contributed by atoms with van der Waals surface area (Å²) >= 11 is 1.41. The normalized spacial score (nSPS) is 23.7. The molecule has 29 heavy (non-hydrogen) atoms. The number of hydrogen-bond acceptors (Lipinski definition) is 11. The average molecular weight is 424 g/mol. The molecule has 0 aliphatic carbocycles. The van der Waals surface area contributed by atoms with Crippen LogP contribution in [-0.2, 0) is 33.3 Å². The zero-order valence-electron chi connectivity index (χ0n) is 16.2. The zero-order valence-corrected chi connectivity index (χ0v) is 17.0. The van der Waals surface area contributed by atoms with Crippen LogP contribution in [0.25, 0.3) is 11.2 Å². The van der Waals surface area contributed by atoms with Gasteiger partial charge in [0.2, 0.25) is 0 Å². The molecule has 0 aromatic carbocycles. The number of rotatable bonds is 6. The summed E-state index contributed by atoms with van der Waals surface area (Å²) < 4.78 is 21.7. The highest BCUT2D eigenvalue weighted by Gasteiger charge is 2.51. The summed E-state index contributed by atoms with van der Waals surface area (Å²) in [5, 5.41) is 0.684. The largest absolute Gasteiger partial charge is 0.463 e. The number of aromatic nitrogens is 4. The van der Waals surface area contributed by atoms with Gasteiger partial charge in [-0.15, -0.1) is 11.8 Å². The lowest BCUT2D eigenvalue weighted by Gasteiger charge is -2.22. The molecule has 0 spiro atoms. The lowest BCUT2D eigenvalue weighted by molar-refractivity contribution is -0.165. The molecule has 0 unspecified atom stereocenters. The summed E-state index contributed by atoms with van der Waals surface area (Å²) in [6.07, 6.45) is -0.474. The van der Waals surface area contributed by atoms with E-state index in [9.17, 15) is 14.4 Å². The molecule has 2 aromatic heterocycles. The van der Waals surface area contributed by atoms with E-state index in [0.717, 1.165) is 0 Å². The standard InChI is InChI=1S/C17H20N4O7S/c1-7(22)25-5-10-12(26-8(2)23)13(27-9(3)24)14(28-10)16-20-11-15(21-16)18-6-19-17(11)29-4/h6,10,12-14H,5H2,1-4H3,(H,18,19,20,21)/t10-,12+,13-,14-/m1/s1. The van der Waals surface area contributed by atoms with Gasteiger partial charge in [0.1, 0.15) is 35.4 Å². The van der Waals surface area contributed by atoms with E-state index in [1.165, 1.54) is 38.9 Å². The third kappa shape index (κ3) is 4.65. The molecule has 0 radical (unpaired) electrons. The van der Waals surface area contributed by atoms with Gasteiger partial charge >= 0.3 is 17.9 Å². The van der Waals surface area contributed by atoms with E-state index in [2.05, 4.69) is 19.9 Å². The summed E-state index contributed by atoms with van der Waals surface area (Å²) in [4.78, 5) is 50.4. The van der Waals surface area contributed by atoms with Gasteiger partial charge in [0.25, 0.3) is 0 Å². The highest BCUT2D eigenvalue weighted by molar-refractivity contribution is 7.98. The van der Waals surface area contributed by atoms with Crippen LogP contribution in [0.15, 0.2) is 11.4 Å². The van der Waals surface area contributed by atoms with Gasteiger partial charge in [-0.1, -0.05) is 0 Å². The molecule has 1 saturated heterocycles. The van der Waals surface area contributed by atoms with E-state index in [4.69, 9.17) is 18.9 Å².